The van der Waals surface area contributed by atoms with Crippen LogP contribution in [0.2, 0.25) is 0 Å². The van der Waals surface area contributed by atoms with E-state index in [-0.39, 0.29) is 28.0 Å². The minimum Gasteiger partial charge on any atom is -0.396 e. The van der Waals surface area contributed by atoms with Crippen LogP contribution in [0.1, 0.15) is 24.8 Å². The van der Waals surface area contributed by atoms with Gasteiger partial charge >= 0.3 is 0 Å². The van der Waals surface area contributed by atoms with Crippen molar-refractivity contribution in [3.05, 3.63) is 39.9 Å². The molecular formula is C12H13NO3. The van der Waals surface area contributed by atoms with Gasteiger partial charge in [0.1, 0.15) is 0 Å². The zero-order valence-corrected chi connectivity index (χ0v) is 8.85. The number of nitro benzene ring substituents is 1. The molecule has 1 aromatic carbocycles. The zero-order chi connectivity index (χ0) is 11.4. The largest absolute Gasteiger partial charge is 0.396 e. The molecule has 0 saturated heterocycles. The maximum absolute atomic E-state index is 10.5. The van der Waals surface area contributed by atoms with Gasteiger partial charge in [-0.15, -0.1) is 0 Å². The highest BCUT2D eigenvalue weighted by Gasteiger charge is 2.67. The van der Waals surface area contributed by atoms with Crippen molar-refractivity contribution in [3.63, 3.8) is 0 Å². The number of rotatable bonds is 3. The van der Waals surface area contributed by atoms with E-state index in [2.05, 4.69) is 0 Å². The second-order valence-electron chi connectivity index (χ2n) is 5.27. The van der Waals surface area contributed by atoms with Crippen molar-refractivity contribution in [1.29, 1.82) is 0 Å². The molecule has 4 rings (SSSR count). The molecular weight excluding hydrogens is 206 g/mol. The molecule has 0 aliphatic heterocycles. The fourth-order valence-electron chi connectivity index (χ4n) is 3.41. The van der Waals surface area contributed by atoms with Crippen molar-refractivity contribution < 1.29 is 10.0 Å². The van der Waals surface area contributed by atoms with Crippen LogP contribution in [0.4, 0.5) is 5.69 Å². The van der Waals surface area contributed by atoms with E-state index in [9.17, 15) is 15.2 Å². The lowest BCUT2D eigenvalue weighted by atomic mass is 9.34. The quantitative estimate of drug-likeness (QED) is 0.624. The number of non-ortho nitro benzene ring substituents is 1. The van der Waals surface area contributed by atoms with Crippen LogP contribution in [-0.2, 0) is 5.41 Å². The van der Waals surface area contributed by atoms with E-state index in [0.29, 0.717) is 0 Å². The zero-order valence-electron chi connectivity index (χ0n) is 8.85. The third-order valence-electron chi connectivity index (χ3n) is 4.17. The third-order valence-corrected chi connectivity index (χ3v) is 4.17. The summed E-state index contributed by atoms with van der Waals surface area (Å²) in [6, 6.07) is 6.86. The highest BCUT2D eigenvalue weighted by molar-refractivity contribution is 5.43. The van der Waals surface area contributed by atoms with Crippen LogP contribution in [0.25, 0.3) is 0 Å². The molecule has 16 heavy (non-hydrogen) atoms. The van der Waals surface area contributed by atoms with Crippen molar-refractivity contribution >= 4 is 5.69 Å². The SMILES string of the molecule is O=[N+]([O-])c1ccc(C23CC(CO)(C2)C3)cc1. The van der Waals surface area contributed by atoms with Crippen LogP contribution in [0, 0.1) is 15.5 Å². The minimum absolute atomic E-state index is 0.146. The summed E-state index contributed by atoms with van der Waals surface area (Å²) in [5, 5.41) is 19.7. The number of aliphatic hydroxyl groups is 1. The number of hydrogen-bond donors (Lipinski definition) is 1. The summed E-state index contributed by atoms with van der Waals surface area (Å²) in [5.74, 6) is 0. The Labute approximate surface area is 93.1 Å². The molecule has 4 nitrogen and oxygen atoms in total. The van der Waals surface area contributed by atoms with Crippen LogP contribution < -0.4 is 0 Å². The number of hydrogen-bond acceptors (Lipinski definition) is 3. The second kappa shape index (κ2) is 2.83. The van der Waals surface area contributed by atoms with E-state index in [4.69, 9.17) is 0 Å². The van der Waals surface area contributed by atoms with E-state index >= 15 is 0 Å². The predicted octanol–water partition coefficient (Wildman–Crippen LogP) is 2.01. The smallest absolute Gasteiger partial charge is 0.269 e. The minimum atomic E-state index is -0.374. The molecule has 1 aromatic rings. The van der Waals surface area contributed by atoms with Gasteiger partial charge in [-0.2, -0.15) is 0 Å². The summed E-state index contributed by atoms with van der Waals surface area (Å²) in [6.45, 7) is 0.279. The van der Waals surface area contributed by atoms with Crippen molar-refractivity contribution in [2.45, 2.75) is 24.7 Å². The monoisotopic (exact) mass is 219 g/mol. The fourth-order valence-corrected chi connectivity index (χ4v) is 3.41. The van der Waals surface area contributed by atoms with E-state index in [1.807, 2.05) is 12.1 Å². The van der Waals surface area contributed by atoms with Gasteiger partial charge in [-0.05, 0) is 35.7 Å². The van der Waals surface area contributed by atoms with Gasteiger partial charge in [0.05, 0.1) is 4.92 Å². The molecule has 84 valence electrons. The molecule has 3 fully saturated rings. The summed E-state index contributed by atoms with van der Waals surface area (Å²) in [7, 11) is 0. The first-order valence-corrected chi connectivity index (χ1v) is 5.45. The van der Waals surface area contributed by atoms with Crippen molar-refractivity contribution in [2.24, 2.45) is 5.41 Å². The first-order valence-electron chi connectivity index (χ1n) is 5.45. The summed E-state index contributed by atoms with van der Waals surface area (Å²) in [4.78, 5) is 10.2. The summed E-state index contributed by atoms with van der Waals surface area (Å²) >= 11 is 0. The molecule has 0 unspecified atom stereocenters. The Morgan fingerprint density at radius 2 is 1.81 bits per heavy atom. The van der Waals surface area contributed by atoms with E-state index in [0.717, 1.165) is 19.3 Å². The van der Waals surface area contributed by atoms with E-state index < -0.39 is 0 Å². The van der Waals surface area contributed by atoms with Gasteiger partial charge in [-0.1, -0.05) is 12.1 Å². The Morgan fingerprint density at radius 3 is 2.25 bits per heavy atom. The molecule has 0 spiro atoms. The molecule has 0 radical (unpaired) electrons. The van der Waals surface area contributed by atoms with Crippen LogP contribution >= 0.6 is 0 Å². The van der Waals surface area contributed by atoms with Gasteiger partial charge < -0.3 is 5.11 Å². The molecule has 3 aliphatic rings. The molecule has 0 atom stereocenters. The van der Waals surface area contributed by atoms with Gasteiger partial charge in [0, 0.05) is 18.7 Å². The van der Waals surface area contributed by atoms with Crippen LogP contribution in [0.5, 0.6) is 0 Å². The molecule has 2 bridgehead atoms. The maximum atomic E-state index is 10.5. The first kappa shape index (κ1) is 9.78. The summed E-state index contributed by atoms with van der Waals surface area (Å²) in [6.07, 6.45) is 3.11. The van der Waals surface area contributed by atoms with E-state index in [1.165, 1.54) is 5.56 Å². The average molecular weight is 219 g/mol. The number of nitrogens with zero attached hydrogens (tertiary/aromatic N) is 1. The van der Waals surface area contributed by atoms with Crippen LogP contribution in [-0.4, -0.2) is 16.6 Å². The molecule has 4 heteroatoms. The Balaban J connectivity index is 1.81. The topological polar surface area (TPSA) is 63.4 Å². The van der Waals surface area contributed by atoms with Crippen LogP contribution in [0.3, 0.4) is 0 Å². The normalized spacial score (nSPS) is 35.1. The van der Waals surface area contributed by atoms with Crippen molar-refractivity contribution in [1.82, 2.24) is 0 Å². The number of nitro groups is 1. The lowest BCUT2D eigenvalue weighted by molar-refractivity contribution is -0.384. The third kappa shape index (κ3) is 1.08. The Bertz CT molecular complexity index is 432. The molecule has 0 aromatic heterocycles. The van der Waals surface area contributed by atoms with Gasteiger partial charge in [0.25, 0.3) is 5.69 Å². The maximum Gasteiger partial charge on any atom is 0.269 e. The van der Waals surface area contributed by atoms with Gasteiger partial charge in [-0.3, -0.25) is 10.1 Å². The van der Waals surface area contributed by atoms with Gasteiger partial charge in [0.15, 0.2) is 0 Å². The fraction of sp³-hybridized carbons (Fsp3) is 0.500. The Kier molecular flexibility index (Phi) is 1.73. The van der Waals surface area contributed by atoms with Gasteiger partial charge in [0.2, 0.25) is 0 Å². The van der Waals surface area contributed by atoms with Gasteiger partial charge in [-0.25, -0.2) is 0 Å². The number of benzene rings is 1. The summed E-state index contributed by atoms with van der Waals surface area (Å²) < 4.78 is 0. The van der Waals surface area contributed by atoms with Crippen molar-refractivity contribution in [2.75, 3.05) is 6.61 Å². The Morgan fingerprint density at radius 1 is 1.25 bits per heavy atom. The van der Waals surface area contributed by atoms with Crippen LogP contribution in [0.15, 0.2) is 24.3 Å². The first-order chi connectivity index (χ1) is 7.59. The highest BCUT2D eigenvalue weighted by Crippen LogP contribution is 2.73. The summed E-state index contributed by atoms with van der Waals surface area (Å²) in [5.41, 5.74) is 1.74. The number of aliphatic hydroxyl groups excluding tert-OH is 1. The molecule has 1 N–H and O–H groups in total. The molecule has 3 aliphatic carbocycles. The Hall–Kier alpha value is -1.42. The molecule has 3 saturated carbocycles. The second-order valence-corrected chi connectivity index (χ2v) is 5.27. The van der Waals surface area contributed by atoms with E-state index in [1.54, 1.807) is 12.1 Å². The standard InChI is InChI=1S/C12H13NO3/c14-8-11-5-12(6-11,7-11)9-1-3-10(4-2-9)13(15)16/h1-4,14H,5-8H2. The lowest BCUT2D eigenvalue weighted by Gasteiger charge is -2.70. The molecule has 0 amide bonds. The highest BCUT2D eigenvalue weighted by atomic mass is 16.6. The predicted molar refractivity (Wildman–Crippen MR) is 58.1 cm³/mol. The van der Waals surface area contributed by atoms with Crippen molar-refractivity contribution in [3.8, 4) is 0 Å². The lowest BCUT2D eigenvalue weighted by Crippen LogP contribution is -2.66. The average Bonchev–Trinajstić information content (AvgIpc) is 2.15. The molecule has 0 heterocycles.